The maximum absolute atomic E-state index is 13.1. The van der Waals surface area contributed by atoms with Crippen molar-refractivity contribution in [3.8, 4) is 5.88 Å². The summed E-state index contributed by atoms with van der Waals surface area (Å²) < 4.78 is 13.1. The Morgan fingerprint density at radius 1 is 1.10 bits per heavy atom. The molecule has 5 heteroatoms. The highest BCUT2D eigenvalue weighted by molar-refractivity contribution is 5.94. The number of aromatic amines is 1. The maximum Gasteiger partial charge on any atom is 0.218 e. The zero-order valence-corrected chi connectivity index (χ0v) is 10.8. The first-order valence-corrected chi connectivity index (χ1v) is 6.13. The van der Waals surface area contributed by atoms with Crippen LogP contribution in [0.15, 0.2) is 52.7 Å². The lowest BCUT2D eigenvalue weighted by molar-refractivity contribution is 0.459. The minimum Gasteiger partial charge on any atom is -0.493 e. The zero-order valence-electron chi connectivity index (χ0n) is 10.8. The highest BCUT2D eigenvalue weighted by atomic mass is 19.1. The molecule has 2 N–H and O–H groups in total. The van der Waals surface area contributed by atoms with Crippen molar-refractivity contribution in [1.82, 2.24) is 4.98 Å². The molecular weight excluding hydrogens is 257 g/mol. The Bertz CT molecular complexity index is 808. The second-order valence-corrected chi connectivity index (χ2v) is 4.50. The van der Waals surface area contributed by atoms with Crippen LogP contribution in [0.5, 0.6) is 5.88 Å². The van der Waals surface area contributed by atoms with Gasteiger partial charge in [-0.25, -0.2) is 4.39 Å². The Balaban J connectivity index is 2.07. The van der Waals surface area contributed by atoms with E-state index in [1.165, 1.54) is 12.1 Å². The smallest absolute Gasteiger partial charge is 0.218 e. The fraction of sp³-hybridized carbons (Fsp3) is 0.0667. The van der Waals surface area contributed by atoms with Gasteiger partial charge in [-0.15, -0.1) is 5.11 Å². The van der Waals surface area contributed by atoms with Crippen molar-refractivity contribution in [2.24, 2.45) is 10.2 Å². The second kappa shape index (κ2) is 4.77. The van der Waals surface area contributed by atoms with Crippen molar-refractivity contribution >= 4 is 22.3 Å². The van der Waals surface area contributed by atoms with Crippen molar-refractivity contribution in [2.45, 2.75) is 6.92 Å². The molecule has 0 fully saturated rings. The molecule has 0 bridgehead atoms. The fourth-order valence-corrected chi connectivity index (χ4v) is 2.02. The Labute approximate surface area is 114 Å². The van der Waals surface area contributed by atoms with Gasteiger partial charge in [-0.2, -0.15) is 5.11 Å². The van der Waals surface area contributed by atoms with E-state index in [4.69, 9.17) is 0 Å². The van der Waals surface area contributed by atoms with E-state index < -0.39 is 0 Å². The Morgan fingerprint density at radius 2 is 1.90 bits per heavy atom. The molecule has 0 saturated heterocycles. The molecule has 0 aliphatic rings. The quantitative estimate of drug-likeness (QED) is 0.649. The third kappa shape index (κ3) is 2.14. The molecule has 0 amide bonds. The summed E-state index contributed by atoms with van der Waals surface area (Å²) in [5.41, 5.74) is 2.51. The molecule has 4 nitrogen and oxygen atoms in total. The van der Waals surface area contributed by atoms with E-state index in [2.05, 4.69) is 15.2 Å². The third-order valence-corrected chi connectivity index (χ3v) is 3.09. The van der Waals surface area contributed by atoms with Gasteiger partial charge in [-0.3, -0.25) is 0 Å². The van der Waals surface area contributed by atoms with E-state index in [1.54, 1.807) is 6.07 Å². The number of aromatic nitrogens is 1. The molecule has 1 aromatic heterocycles. The van der Waals surface area contributed by atoms with Crippen LogP contribution in [-0.2, 0) is 0 Å². The molecule has 0 saturated carbocycles. The highest BCUT2D eigenvalue weighted by Gasteiger charge is 2.10. The number of halogens is 1. The summed E-state index contributed by atoms with van der Waals surface area (Å²) in [6.07, 6.45) is 0. The maximum atomic E-state index is 13.1. The summed E-state index contributed by atoms with van der Waals surface area (Å²) in [5.74, 6) is -0.496. The third-order valence-electron chi connectivity index (χ3n) is 3.09. The normalized spacial score (nSPS) is 11.5. The van der Waals surface area contributed by atoms with Crippen LogP contribution in [-0.4, -0.2) is 10.1 Å². The van der Waals surface area contributed by atoms with Gasteiger partial charge in [0.15, 0.2) is 5.69 Å². The van der Waals surface area contributed by atoms with Gasteiger partial charge in [0.05, 0.1) is 11.2 Å². The summed E-state index contributed by atoms with van der Waals surface area (Å²) in [7, 11) is 0. The van der Waals surface area contributed by atoms with Gasteiger partial charge in [0.2, 0.25) is 5.88 Å². The zero-order chi connectivity index (χ0) is 14.1. The molecule has 2 aromatic carbocycles. The number of nitrogens with one attached hydrogen (secondary N) is 1. The average Bonchev–Trinajstić information content (AvgIpc) is 2.73. The van der Waals surface area contributed by atoms with Crippen LogP contribution in [0.2, 0.25) is 0 Å². The van der Waals surface area contributed by atoms with Crippen molar-refractivity contribution in [1.29, 1.82) is 0 Å². The Morgan fingerprint density at radius 3 is 2.70 bits per heavy atom. The first kappa shape index (κ1) is 12.3. The SMILES string of the molecule is Cc1ccccc1N=Nc1c(O)[nH]c2cc(F)ccc12. The largest absolute Gasteiger partial charge is 0.493 e. The van der Waals surface area contributed by atoms with Crippen LogP contribution in [0.25, 0.3) is 10.9 Å². The lowest BCUT2D eigenvalue weighted by Crippen LogP contribution is -1.72. The standard InChI is InChI=1S/C15H12FN3O/c1-9-4-2-3-5-12(9)18-19-14-11-7-6-10(16)8-13(11)17-15(14)20/h2-8,17,20H,1H3. The Kier molecular flexibility index (Phi) is 2.95. The first-order valence-electron chi connectivity index (χ1n) is 6.13. The molecule has 20 heavy (non-hydrogen) atoms. The molecule has 100 valence electrons. The van der Waals surface area contributed by atoms with Crippen molar-refractivity contribution in [2.75, 3.05) is 0 Å². The number of azo groups is 1. The van der Waals surface area contributed by atoms with Crippen LogP contribution < -0.4 is 0 Å². The number of aryl methyl sites for hydroxylation is 1. The Hall–Kier alpha value is -2.69. The molecule has 3 rings (SSSR count). The lowest BCUT2D eigenvalue weighted by atomic mass is 10.2. The topological polar surface area (TPSA) is 60.7 Å². The van der Waals surface area contributed by atoms with Crippen LogP contribution in [0.1, 0.15) is 5.56 Å². The molecule has 0 unspecified atom stereocenters. The average molecular weight is 269 g/mol. The number of rotatable bonds is 2. The molecule has 0 radical (unpaired) electrons. The van der Waals surface area contributed by atoms with Gasteiger partial charge in [0, 0.05) is 5.39 Å². The van der Waals surface area contributed by atoms with Crippen LogP contribution in [0.3, 0.4) is 0 Å². The second-order valence-electron chi connectivity index (χ2n) is 4.50. The molecule has 1 heterocycles. The first-order chi connectivity index (χ1) is 9.65. The summed E-state index contributed by atoms with van der Waals surface area (Å²) >= 11 is 0. The fourth-order valence-electron chi connectivity index (χ4n) is 2.02. The van der Waals surface area contributed by atoms with E-state index in [9.17, 15) is 9.50 Å². The summed E-state index contributed by atoms with van der Waals surface area (Å²) in [5, 5.41) is 18.7. The lowest BCUT2D eigenvalue weighted by Gasteiger charge is -1.97. The number of hydrogen-bond donors (Lipinski definition) is 2. The van der Waals surface area contributed by atoms with E-state index in [-0.39, 0.29) is 11.7 Å². The van der Waals surface area contributed by atoms with Gasteiger partial charge in [0.1, 0.15) is 5.82 Å². The van der Waals surface area contributed by atoms with Crippen LogP contribution in [0, 0.1) is 12.7 Å². The van der Waals surface area contributed by atoms with E-state index >= 15 is 0 Å². The minimum atomic E-state index is -0.374. The summed E-state index contributed by atoms with van der Waals surface area (Å²) in [4.78, 5) is 2.68. The predicted octanol–water partition coefficient (Wildman–Crippen LogP) is 4.74. The number of fused-ring (bicyclic) bond motifs is 1. The monoisotopic (exact) mass is 269 g/mol. The molecule has 0 atom stereocenters. The van der Waals surface area contributed by atoms with Crippen molar-refractivity contribution in [3.05, 3.63) is 53.8 Å². The number of benzene rings is 2. The summed E-state index contributed by atoms with van der Waals surface area (Å²) in [6, 6.07) is 11.7. The van der Waals surface area contributed by atoms with Gasteiger partial charge in [-0.05, 0) is 36.8 Å². The van der Waals surface area contributed by atoms with Crippen molar-refractivity contribution < 1.29 is 9.50 Å². The molecular formula is C15H12FN3O. The van der Waals surface area contributed by atoms with Crippen LogP contribution in [0.4, 0.5) is 15.8 Å². The molecule has 3 aromatic rings. The molecule has 0 aliphatic carbocycles. The number of nitrogens with zero attached hydrogens (tertiary/aromatic N) is 2. The number of hydrogen-bond acceptors (Lipinski definition) is 3. The highest BCUT2D eigenvalue weighted by Crippen LogP contribution is 2.36. The van der Waals surface area contributed by atoms with Crippen molar-refractivity contribution in [3.63, 3.8) is 0 Å². The predicted molar refractivity (Wildman–Crippen MR) is 75.3 cm³/mol. The molecule has 0 spiro atoms. The summed E-state index contributed by atoms with van der Waals surface area (Å²) in [6.45, 7) is 1.93. The number of aromatic hydroxyl groups is 1. The van der Waals surface area contributed by atoms with E-state index in [0.29, 0.717) is 16.6 Å². The van der Waals surface area contributed by atoms with Crippen LogP contribution >= 0.6 is 0 Å². The van der Waals surface area contributed by atoms with Gasteiger partial charge in [0.25, 0.3) is 0 Å². The van der Waals surface area contributed by atoms with Gasteiger partial charge in [-0.1, -0.05) is 18.2 Å². The van der Waals surface area contributed by atoms with Gasteiger partial charge < -0.3 is 10.1 Å². The minimum absolute atomic E-state index is 0.122. The molecule has 0 aliphatic heterocycles. The van der Waals surface area contributed by atoms with E-state index in [0.717, 1.165) is 11.3 Å². The van der Waals surface area contributed by atoms with Gasteiger partial charge >= 0.3 is 0 Å². The van der Waals surface area contributed by atoms with E-state index in [1.807, 2.05) is 31.2 Å². The number of H-pyrrole nitrogens is 1.